The first-order valence-corrected chi connectivity index (χ1v) is 11.9. The zero-order chi connectivity index (χ0) is 20.6. The Bertz CT molecular complexity index is 837. The molecule has 2 aliphatic rings. The number of thiophene rings is 1. The second kappa shape index (κ2) is 10.8. The van der Waals surface area contributed by atoms with E-state index >= 15 is 0 Å². The van der Waals surface area contributed by atoms with Crippen LogP contribution in [0.2, 0.25) is 0 Å². The Balaban J connectivity index is 1.08. The smallest absolute Gasteiger partial charge is 0.231 e. The van der Waals surface area contributed by atoms with Gasteiger partial charge in [-0.1, -0.05) is 12.5 Å². The van der Waals surface area contributed by atoms with Crippen molar-refractivity contribution in [3.05, 3.63) is 40.1 Å². The Morgan fingerprint density at radius 1 is 1.10 bits per heavy atom. The summed E-state index contributed by atoms with van der Waals surface area (Å²) in [5.74, 6) is 2.57. The lowest BCUT2D eigenvalue weighted by molar-refractivity contribution is 0.174. The quantitative estimate of drug-likeness (QED) is 0.447. The molecule has 2 N–H and O–H groups in total. The monoisotopic (exact) mass is 447 g/mol. The van der Waals surface area contributed by atoms with E-state index < -0.39 is 0 Å². The molecule has 1 aromatic carbocycles. The van der Waals surface area contributed by atoms with Crippen molar-refractivity contribution in [3.8, 4) is 17.2 Å². The molecule has 0 radical (unpaired) electrons. The van der Waals surface area contributed by atoms with Crippen LogP contribution in [0.3, 0.4) is 0 Å². The van der Waals surface area contributed by atoms with Gasteiger partial charge in [0.1, 0.15) is 5.75 Å². The van der Waals surface area contributed by atoms with Crippen LogP contribution in [-0.2, 0) is 13.1 Å². The van der Waals surface area contributed by atoms with Gasteiger partial charge < -0.3 is 24.8 Å². The number of nitrogens with zero attached hydrogens (tertiary/aromatic N) is 1. The first kappa shape index (κ1) is 21.2. The minimum atomic E-state index is 0.291. The van der Waals surface area contributed by atoms with Crippen LogP contribution in [-0.4, -0.2) is 43.0 Å². The van der Waals surface area contributed by atoms with E-state index in [1.54, 1.807) is 11.3 Å². The number of nitrogens with one attached hydrogen (secondary N) is 2. The highest BCUT2D eigenvalue weighted by Gasteiger charge is 2.13. The number of piperidine rings is 1. The van der Waals surface area contributed by atoms with Gasteiger partial charge in [-0.3, -0.25) is 4.90 Å². The normalized spacial score (nSPS) is 15.7. The maximum absolute atomic E-state index is 5.89. The highest BCUT2D eigenvalue weighted by atomic mass is 32.1. The van der Waals surface area contributed by atoms with E-state index in [9.17, 15) is 0 Å². The summed E-state index contributed by atoms with van der Waals surface area (Å²) in [4.78, 5) is 3.93. The molecule has 1 fully saturated rings. The van der Waals surface area contributed by atoms with Crippen molar-refractivity contribution in [2.75, 3.05) is 33.0 Å². The largest absolute Gasteiger partial charge is 0.493 e. The van der Waals surface area contributed by atoms with Gasteiger partial charge in [-0.05, 0) is 68.3 Å². The van der Waals surface area contributed by atoms with E-state index in [2.05, 4.69) is 27.0 Å². The highest BCUT2D eigenvalue weighted by molar-refractivity contribution is 7.80. The second-order valence-electron chi connectivity index (χ2n) is 7.58. The van der Waals surface area contributed by atoms with E-state index in [0.29, 0.717) is 25.1 Å². The topological polar surface area (TPSA) is 55.0 Å². The van der Waals surface area contributed by atoms with Gasteiger partial charge in [0.15, 0.2) is 16.6 Å². The summed E-state index contributed by atoms with van der Waals surface area (Å²) in [7, 11) is 0. The minimum absolute atomic E-state index is 0.291. The zero-order valence-electron chi connectivity index (χ0n) is 17.2. The number of hydrogen-bond donors (Lipinski definition) is 2. The Morgan fingerprint density at radius 3 is 2.87 bits per heavy atom. The molecule has 0 atom stereocenters. The molecule has 2 aliphatic heterocycles. The SMILES string of the molecule is S=C(NCCCOc1csc(CN2CCCCC2)c1)NCc1ccc2c(c1)OCO2. The first-order valence-electron chi connectivity index (χ1n) is 10.6. The van der Waals surface area contributed by atoms with Crippen molar-refractivity contribution in [3.63, 3.8) is 0 Å². The molecule has 0 amide bonds. The molecule has 1 aromatic heterocycles. The lowest BCUT2D eigenvalue weighted by Gasteiger charge is -2.25. The molecule has 1 saturated heterocycles. The van der Waals surface area contributed by atoms with Crippen LogP contribution in [0, 0.1) is 0 Å². The van der Waals surface area contributed by atoms with Gasteiger partial charge in [0, 0.05) is 29.9 Å². The molecule has 0 saturated carbocycles. The number of hydrogen-bond acceptors (Lipinski definition) is 6. The average Bonchev–Trinajstić information content (AvgIpc) is 3.41. The Labute approximate surface area is 187 Å². The number of benzene rings is 1. The van der Waals surface area contributed by atoms with Crippen molar-refractivity contribution < 1.29 is 14.2 Å². The molecule has 2 aromatic rings. The summed E-state index contributed by atoms with van der Waals surface area (Å²) >= 11 is 7.15. The molecule has 8 heteroatoms. The summed E-state index contributed by atoms with van der Waals surface area (Å²) in [6, 6.07) is 8.10. The summed E-state index contributed by atoms with van der Waals surface area (Å²) in [5, 5.41) is 9.21. The van der Waals surface area contributed by atoms with Crippen molar-refractivity contribution in [1.29, 1.82) is 0 Å². The van der Waals surface area contributed by atoms with E-state index in [1.165, 1.54) is 37.2 Å². The van der Waals surface area contributed by atoms with Gasteiger partial charge in [0.2, 0.25) is 6.79 Å². The average molecular weight is 448 g/mol. The number of fused-ring (bicyclic) bond motifs is 1. The predicted molar refractivity (Wildman–Crippen MR) is 124 cm³/mol. The van der Waals surface area contributed by atoms with Crippen LogP contribution < -0.4 is 24.8 Å². The fraction of sp³-hybridized carbons (Fsp3) is 0.500. The van der Waals surface area contributed by atoms with E-state index in [1.807, 2.05) is 18.2 Å². The third-order valence-electron chi connectivity index (χ3n) is 5.22. The molecule has 6 nitrogen and oxygen atoms in total. The van der Waals surface area contributed by atoms with Crippen LogP contribution in [0.25, 0.3) is 0 Å². The van der Waals surface area contributed by atoms with E-state index in [0.717, 1.165) is 42.3 Å². The number of rotatable bonds is 9. The molecular weight excluding hydrogens is 418 g/mol. The number of ether oxygens (including phenoxy) is 3. The zero-order valence-corrected chi connectivity index (χ0v) is 18.8. The Morgan fingerprint density at radius 2 is 1.97 bits per heavy atom. The van der Waals surface area contributed by atoms with Gasteiger partial charge in [-0.2, -0.15) is 0 Å². The maximum Gasteiger partial charge on any atom is 0.231 e. The van der Waals surface area contributed by atoms with Gasteiger partial charge >= 0.3 is 0 Å². The van der Waals surface area contributed by atoms with Crippen molar-refractivity contribution in [2.24, 2.45) is 0 Å². The summed E-state index contributed by atoms with van der Waals surface area (Å²) in [6.07, 6.45) is 4.92. The van der Waals surface area contributed by atoms with Gasteiger partial charge in [0.05, 0.1) is 6.61 Å². The minimum Gasteiger partial charge on any atom is -0.493 e. The van der Waals surface area contributed by atoms with Crippen LogP contribution in [0.1, 0.15) is 36.1 Å². The molecule has 162 valence electrons. The standard InChI is InChI=1S/C22H29N3O3S2/c29-22(24-13-17-5-6-20-21(11-17)28-16-27-20)23-7-4-10-26-18-12-19(30-15-18)14-25-8-2-1-3-9-25/h5-6,11-12,15H,1-4,7-10,13-14,16H2,(H2,23,24,29). The lowest BCUT2D eigenvalue weighted by atomic mass is 10.1. The Hall–Kier alpha value is -2.03. The van der Waals surface area contributed by atoms with E-state index in [-0.39, 0.29) is 0 Å². The first-order chi connectivity index (χ1) is 14.8. The predicted octanol–water partition coefficient (Wildman–Crippen LogP) is 3.90. The third kappa shape index (κ3) is 6.23. The molecular formula is C22H29N3O3S2. The van der Waals surface area contributed by atoms with Crippen molar-refractivity contribution in [1.82, 2.24) is 15.5 Å². The summed E-state index contributed by atoms with van der Waals surface area (Å²) in [6.45, 7) is 5.89. The van der Waals surface area contributed by atoms with E-state index in [4.69, 9.17) is 26.4 Å². The van der Waals surface area contributed by atoms with Crippen LogP contribution in [0.5, 0.6) is 17.2 Å². The van der Waals surface area contributed by atoms with Crippen LogP contribution in [0.15, 0.2) is 29.6 Å². The highest BCUT2D eigenvalue weighted by Crippen LogP contribution is 2.32. The molecule has 0 aliphatic carbocycles. The fourth-order valence-corrected chi connectivity index (χ4v) is 4.64. The van der Waals surface area contributed by atoms with Gasteiger partial charge in [0.25, 0.3) is 0 Å². The van der Waals surface area contributed by atoms with Crippen molar-refractivity contribution >= 4 is 28.7 Å². The third-order valence-corrected chi connectivity index (χ3v) is 6.41. The lowest BCUT2D eigenvalue weighted by Crippen LogP contribution is -2.35. The van der Waals surface area contributed by atoms with Gasteiger partial charge in [-0.15, -0.1) is 11.3 Å². The molecule has 0 bridgehead atoms. The molecule has 3 heterocycles. The second-order valence-corrected chi connectivity index (χ2v) is 8.99. The Kier molecular flexibility index (Phi) is 7.66. The summed E-state index contributed by atoms with van der Waals surface area (Å²) < 4.78 is 16.6. The summed E-state index contributed by atoms with van der Waals surface area (Å²) in [5.41, 5.74) is 1.10. The molecule has 0 spiro atoms. The number of thiocarbonyl (C=S) groups is 1. The van der Waals surface area contributed by atoms with Crippen molar-refractivity contribution in [2.45, 2.75) is 38.8 Å². The van der Waals surface area contributed by atoms with Gasteiger partial charge in [-0.25, -0.2) is 0 Å². The molecule has 0 unspecified atom stereocenters. The van der Waals surface area contributed by atoms with Crippen LogP contribution >= 0.6 is 23.6 Å². The van der Waals surface area contributed by atoms with Crippen LogP contribution in [0.4, 0.5) is 0 Å². The molecule has 30 heavy (non-hydrogen) atoms. The fourth-order valence-electron chi connectivity index (χ4n) is 3.62. The molecule has 4 rings (SSSR count). The maximum atomic E-state index is 5.89. The number of likely N-dealkylation sites (tertiary alicyclic amines) is 1.